The topological polar surface area (TPSA) is 119 Å². The summed E-state index contributed by atoms with van der Waals surface area (Å²) in [6.07, 6.45) is -1.73. The molecular weight excluding hydrogens is 751 g/mol. The van der Waals surface area contributed by atoms with Gasteiger partial charge in [0.25, 0.3) is 5.92 Å². The van der Waals surface area contributed by atoms with Crippen molar-refractivity contribution in [3.05, 3.63) is 34.5 Å². The highest BCUT2D eigenvalue weighted by Gasteiger charge is 2.35. The second-order valence-electron chi connectivity index (χ2n) is 5.55. The minimum absolute atomic E-state index is 0.00351. The van der Waals surface area contributed by atoms with E-state index in [2.05, 4.69) is 6.58 Å². The average molecular weight is 763 g/mol. The van der Waals surface area contributed by atoms with E-state index in [4.69, 9.17) is 14.2 Å². The van der Waals surface area contributed by atoms with E-state index in [9.17, 15) is 33.1 Å². The van der Waals surface area contributed by atoms with Crippen molar-refractivity contribution >= 4 is 91.6 Å². The van der Waals surface area contributed by atoms with Crippen LogP contribution in [0.25, 0.3) is 0 Å². The van der Waals surface area contributed by atoms with Gasteiger partial charge in [0, 0.05) is 12.7 Å². The van der Waals surface area contributed by atoms with E-state index in [-0.39, 0.29) is 33.7 Å². The monoisotopic (exact) mass is 763 g/mol. The summed E-state index contributed by atoms with van der Waals surface area (Å²) in [5.41, 5.74) is 0.183. The molecule has 1 rings (SSSR count). The molecule has 0 aliphatic rings. The quantitative estimate of drug-likeness (QED) is 0.0942. The molecule has 1 aromatic rings. The summed E-state index contributed by atoms with van der Waals surface area (Å²) >= 11 is 5.35. The predicted octanol–water partition coefficient (Wildman–Crippen LogP) is 2.46. The van der Waals surface area contributed by atoms with Crippen LogP contribution in [0.1, 0.15) is 23.7 Å². The van der Waals surface area contributed by atoms with Crippen LogP contribution in [0, 0.1) is 10.7 Å². The fourth-order valence-corrected chi connectivity index (χ4v) is 4.18. The van der Waals surface area contributed by atoms with Crippen LogP contribution in [0.4, 0.5) is 8.78 Å². The molecule has 0 aliphatic carbocycles. The summed E-state index contributed by atoms with van der Waals surface area (Å²) in [6, 6.07) is 1.32. The van der Waals surface area contributed by atoms with Crippen LogP contribution in [-0.4, -0.2) is 43.0 Å². The van der Waals surface area contributed by atoms with Crippen LogP contribution in [-0.2, 0) is 23.9 Å². The van der Waals surface area contributed by atoms with Gasteiger partial charge in [-0.1, -0.05) is 6.58 Å². The first-order valence-corrected chi connectivity index (χ1v) is 11.0. The van der Waals surface area contributed by atoms with Crippen LogP contribution < -0.4 is 9.84 Å². The Labute approximate surface area is 210 Å². The van der Waals surface area contributed by atoms with Gasteiger partial charge in [-0.2, -0.15) is 8.78 Å². The fraction of sp³-hybridized carbons (Fsp3) is 0.294. The number of rotatable bonds is 9. The second kappa shape index (κ2) is 11.5. The molecular formula is C17H12F2I3O8-. The Balaban J connectivity index is 2.96. The molecule has 1 aromatic carbocycles. The molecule has 0 saturated heterocycles. The lowest BCUT2D eigenvalue weighted by Gasteiger charge is -2.17. The fourth-order valence-electron chi connectivity index (χ4n) is 1.71. The van der Waals surface area contributed by atoms with Gasteiger partial charge in [0.2, 0.25) is 0 Å². The number of benzene rings is 1. The molecule has 13 heteroatoms. The van der Waals surface area contributed by atoms with E-state index in [0.29, 0.717) is 7.14 Å². The molecule has 0 atom stereocenters. The van der Waals surface area contributed by atoms with Gasteiger partial charge in [-0.05, 0) is 80.8 Å². The Kier molecular flexibility index (Phi) is 10.3. The van der Waals surface area contributed by atoms with Gasteiger partial charge in [0.1, 0.15) is 31.4 Å². The summed E-state index contributed by atoms with van der Waals surface area (Å²) in [6.45, 7) is 4.38. The molecule has 0 radical (unpaired) electrons. The van der Waals surface area contributed by atoms with Crippen molar-refractivity contribution in [3.63, 3.8) is 0 Å². The molecule has 0 N–H and O–H groups in total. The van der Waals surface area contributed by atoms with Gasteiger partial charge in [-0.25, -0.2) is 9.59 Å². The largest absolute Gasteiger partial charge is 0.544 e. The molecule has 0 saturated carbocycles. The zero-order valence-corrected chi connectivity index (χ0v) is 21.5. The smallest absolute Gasteiger partial charge is 0.340 e. The maximum atomic E-state index is 13.1. The summed E-state index contributed by atoms with van der Waals surface area (Å²) in [4.78, 5) is 45.8. The van der Waals surface area contributed by atoms with Crippen LogP contribution >= 0.6 is 67.8 Å². The number of carbonyl (C=O) groups excluding carboxylic acids is 4. The molecule has 0 amide bonds. The number of carbonyl (C=O) groups is 4. The van der Waals surface area contributed by atoms with Gasteiger partial charge in [0.15, 0.2) is 0 Å². The van der Waals surface area contributed by atoms with Crippen molar-refractivity contribution in [1.82, 2.24) is 0 Å². The number of aliphatic carboxylic acids is 1. The lowest BCUT2D eigenvalue weighted by molar-refractivity contribution is -0.329. The van der Waals surface area contributed by atoms with Crippen LogP contribution in [0.15, 0.2) is 18.2 Å². The van der Waals surface area contributed by atoms with Crippen molar-refractivity contribution in [1.29, 1.82) is 0 Å². The van der Waals surface area contributed by atoms with E-state index >= 15 is 0 Å². The first kappa shape index (κ1) is 26.9. The summed E-state index contributed by atoms with van der Waals surface area (Å²) < 4.78 is 42.0. The number of esters is 3. The first-order valence-electron chi connectivity index (χ1n) is 7.75. The van der Waals surface area contributed by atoms with Gasteiger partial charge >= 0.3 is 17.9 Å². The Hall–Kier alpha value is -1.11. The third-order valence-electron chi connectivity index (χ3n) is 3.11. The molecule has 30 heavy (non-hydrogen) atoms. The van der Waals surface area contributed by atoms with Crippen molar-refractivity contribution < 1.29 is 47.3 Å². The summed E-state index contributed by atoms with van der Waals surface area (Å²) in [5, 5.41) is 10.4. The zero-order valence-electron chi connectivity index (χ0n) is 15.1. The van der Waals surface area contributed by atoms with Crippen molar-refractivity contribution in [2.24, 2.45) is 0 Å². The molecule has 0 heterocycles. The first-order chi connectivity index (χ1) is 13.8. The van der Waals surface area contributed by atoms with Crippen molar-refractivity contribution in [2.45, 2.75) is 19.3 Å². The van der Waals surface area contributed by atoms with Gasteiger partial charge in [0.05, 0.1) is 9.13 Å². The molecule has 0 fully saturated rings. The van der Waals surface area contributed by atoms with E-state index in [0.717, 1.165) is 0 Å². The Morgan fingerprint density at radius 2 is 1.67 bits per heavy atom. The Bertz CT molecular complexity index is 901. The molecule has 164 valence electrons. The second-order valence-corrected chi connectivity index (χ2v) is 8.87. The molecule has 0 aliphatic heterocycles. The van der Waals surface area contributed by atoms with Crippen LogP contribution in [0.2, 0.25) is 0 Å². The van der Waals surface area contributed by atoms with E-state index in [1.807, 2.05) is 45.2 Å². The average Bonchev–Trinajstić information content (AvgIpc) is 2.62. The highest BCUT2D eigenvalue weighted by atomic mass is 127. The molecule has 0 aromatic heterocycles. The lowest BCUT2D eigenvalue weighted by Crippen LogP contribution is -2.43. The number of ether oxygens (including phenoxy) is 3. The third-order valence-corrected chi connectivity index (χ3v) is 7.19. The van der Waals surface area contributed by atoms with E-state index in [1.165, 1.54) is 13.0 Å². The molecule has 0 spiro atoms. The highest BCUT2D eigenvalue weighted by Crippen LogP contribution is 2.33. The van der Waals surface area contributed by atoms with E-state index < -0.39 is 36.2 Å². The minimum atomic E-state index is -4.40. The van der Waals surface area contributed by atoms with Crippen molar-refractivity contribution in [2.75, 3.05) is 13.2 Å². The van der Waals surface area contributed by atoms with E-state index in [1.54, 1.807) is 22.6 Å². The maximum Gasteiger partial charge on any atom is 0.340 e. The normalized spacial score (nSPS) is 10.9. The number of carboxylic acids is 1. The number of carboxylic acid groups (broad SMARTS) is 1. The predicted molar refractivity (Wildman–Crippen MR) is 121 cm³/mol. The van der Waals surface area contributed by atoms with Gasteiger partial charge in [-0.15, -0.1) is 0 Å². The highest BCUT2D eigenvalue weighted by molar-refractivity contribution is 14.1. The molecule has 0 bridgehead atoms. The van der Waals surface area contributed by atoms with Crippen molar-refractivity contribution in [3.8, 4) is 5.75 Å². The number of hydrogen-bond donors (Lipinski definition) is 0. The Morgan fingerprint density at radius 1 is 1.10 bits per heavy atom. The molecule has 8 nitrogen and oxygen atoms in total. The SMILES string of the molecule is C=C(C)C(=O)OCCOC(=O)c1c(I)c(I)cc(OC(=O)CC(F)(F)C(=O)[O-])c1I. The number of hydrogen-bond acceptors (Lipinski definition) is 8. The minimum Gasteiger partial charge on any atom is -0.544 e. The summed E-state index contributed by atoms with van der Waals surface area (Å²) in [7, 11) is 0. The maximum absolute atomic E-state index is 13.1. The molecule has 0 unspecified atom stereocenters. The van der Waals surface area contributed by atoms with Gasteiger partial charge < -0.3 is 24.1 Å². The summed E-state index contributed by atoms with van der Waals surface area (Å²) in [5.74, 6) is -10.3. The Morgan fingerprint density at radius 3 is 2.20 bits per heavy atom. The third kappa shape index (κ3) is 7.54. The number of alkyl halides is 2. The zero-order chi connectivity index (χ0) is 23.2. The van der Waals surface area contributed by atoms with Gasteiger partial charge in [-0.3, -0.25) is 4.79 Å². The standard InChI is InChI=1S/C17H13F2I3O8/c1-7(2)14(24)28-3-4-29-15(25)11-12(21)8(20)5-9(13(11)22)30-10(23)6-17(18,19)16(26)27/h5H,1,3-4,6H2,2H3,(H,26,27)/p-1. The van der Waals surface area contributed by atoms with Crippen LogP contribution in [0.3, 0.4) is 0 Å². The number of halogens is 5. The lowest BCUT2D eigenvalue weighted by atomic mass is 10.2. The van der Waals surface area contributed by atoms with Crippen LogP contribution in [0.5, 0.6) is 5.75 Å².